The zero-order valence-electron chi connectivity index (χ0n) is 16.7. The number of aromatic nitrogens is 2. The first kappa shape index (κ1) is 19.2. The molecule has 0 saturated heterocycles. The summed E-state index contributed by atoms with van der Waals surface area (Å²) in [5.41, 5.74) is 5.71. The highest BCUT2D eigenvalue weighted by Gasteiger charge is 2.18. The first-order valence-electron chi connectivity index (χ1n) is 11.0. The van der Waals surface area contributed by atoms with E-state index < -0.39 is 0 Å². The fourth-order valence-corrected chi connectivity index (χ4v) is 4.26. The summed E-state index contributed by atoms with van der Waals surface area (Å²) in [5, 5.41) is 5.14. The molecule has 0 N–H and O–H groups in total. The number of hydrogen-bond acceptors (Lipinski definition) is 1. The van der Waals surface area contributed by atoms with Gasteiger partial charge in [0.2, 0.25) is 0 Å². The van der Waals surface area contributed by atoms with E-state index in [9.17, 15) is 0 Å². The van der Waals surface area contributed by atoms with Crippen LogP contribution in [0.3, 0.4) is 0 Å². The third-order valence-electron chi connectivity index (χ3n) is 5.78. The zero-order chi connectivity index (χ0) is 18.0. The highest BCUT2D eigenvalue weighted by molar-refractivity contribution is 5.38. The molecule has 0 radical (unpaired) electrons. The second kappa shape index (κ2) is 10.5. The average molecular weight is 353 g/mol. The van der Waals surface area contributed by atoms with Crippen molar-refractivity contribution in [2.24, 2.45) is 0 Å². The molecule has 1 aliphatic rings. The van der Waals surface area contributed by atoms with Crippen molar-refractivity contribution in [2.75, 3.05) is 0 Å². The molecule has 2 aromatic rings. The van der Waals surface area contributed by atoms with E-state index in [1.807, 2.05) is 0 Å². The van der Waals surface area contributed by atoms with Crippen LogP contribution in [0.4, 0.5) is 0 Å². The van der Waals surface area contributed by atoms with E-state index in [1.54, 1.807) is 5.56 Å². The predicted octanol–water partition coefficient (Wildman–Crippen LogP) is 6.82. The minimum Gasteiger partial charge on any atom is -0.237 e. The van der Waals surface area contributed by atoms with Crippen molar-refractivity contribution in [1.29, 1.82) is 0 Å². The van der Waals surface area contributed by atoms with Crippen LogP contribution in [0, 0.1) is 0 Å². The maximum Gasteiger partial charge on any atom is 0.0663 e. The summed E-state index contributed by atoms with van der Waals surface area (Å²) in [5.74, 6) is 0. The molecule has 26 heavy (non-hydrogen) atoms. The molecule has 0 saturated carbocycles. The van der Waals surface area contributed by atoms with Gasteiger partial charge in [-0.15, -0.1) is 0 Å². The van der Waals surface area contributed by atoms with Gasteiger partial charge in [-0.05, 0) is 56.2 Å². The molecule has 1 aliphatic carbocycles. The molecule has 0 spiro atoms. The first-order valence-corrected chi connectivity index (χ1v) is 11.0. The molecule has 3 rings (SSSR count). The number of benzene rings is 1. The predicted molar refractivity (Wildman–Crippen MR) is 111 cm³/mol. The van der Waals surface area contributed by atoms with Crippen LogP contribution in [0.1, 0.15) is 94.5 Å². The van der Waals surface area contributed by atoms with Crippen molar-refractivity contribution in [2.45, 2.75) is 96.8 Å². The van der Waals surface area contributed by atoms with Gasteiger partial charge in [-0.3, -0.25) is 0 Å². The summed E-state index contributed by atoms with van der Waals surface area (Å²) in [7, 11) is 0. The Bertz CT molecular complexity index is 642. The molecular formula is C24H36N2. The molecule has 0 aliphatic heterocycles. The fraction of sp³-hybridized carbons (Fsp3) is 0.625. The number of rotatable bonds is 5. The molecule has 0 bridgehead atoms. The normalized spacial score (nSPS) is 16.5. The van der Waals surface area contributed by atoms with Crippen LogP contribution >= 0.6 is 0 Å². The van der Waals surface area contributed by atoms with E-state index >= 15 is 0 Å². The van der Waals surface area contributed by atoms with Crippen molar-refractivity contribution >= 4 is 0 Å². The third kappa shape index (κ3) is 5.22. The van der Waals surface area contributed by atoms with E-state index in [0.29, 0.717) is 0 Å². The summed E-state index contributed by atoms with van der Waals surface area (Å²) < 4.78 is 2.28. The van der Waals surface area contributed by atoms with Crippen LogP contribution in [-0.2, 0) is 19.3 Å². The Morgan fingerprint density at radius 2 is 1.46 bits per heavy atom. The van der Waals surface area contributed by atoms with Crippen molar-refractivity contribution in [3.8, 4) is 5.69 Å². The zero-order valence-corrected chi connectivity index (χ0v) is 16.7. The molecule has 2 nitrogen and oxygen atoms in total. The van der Waals surface area contributed by atoms with Gasteiger partial charge in [-0.2, -0.15) is 5.10 Å². The Morgan fingerprint density at radius 1 is 0.808 bits per heavy atom. The lowest BCUT2D eigenvalue weighted by Crippen LogP contribution is -2.04. The van der Waals surface area contributed by atoms with E-state index in [4.69, 9.17) is 5.10 Å². The van der Waals surface area contributed by atoms with Crippen LogP contribution in [0.25, 0.3) is 5.69 Å². The maximum atomic E-state index is 5.14. The summed E-state index contributed by atoms with van der Waals surface area (Å²) in [6.07, 6.45) is 18.5. The largest absolute Gasteiger partial charge is 0.237 e. The monoisotopic (exact) mass is 352 g/mol. The highest BCUT2D eigenvalue weighted by Crippen LogP contribution is 2.26. The minimum atomic E-state index is 1.15. The maximum absolute atomic E-state index is 5.14. The van der Waals surface area contributed by atoms with Gasteiger partial charge < -0.3 is 0 Å². The molecule has 0 unspecified atom stereocenters. The Morgan fingerprint density at radius 3 is 2.15 bits per heavy atom. The number of nitrogens with zero attached hydrogens (tertiary/aromatic N) is 2. The Labute approximate surface area is 160 Å². The van der Waals surface area contributed by atoms with E-state index in [0.717, 1.165) is 6.42 Å². The molecule has 1 aromatic heterocycles. The lowest BCUT2D eigenvalue weighted by molar-refractivity contribution is 0.555. The standard InChI is InChI=1S/C24H36N2/c1-2-3-11-19-23-22-18-14-8-6-4-5-7-9-15-20-24(22)26(25-23)21-16-12-10-13-17-21/h10,12-13,16-17H,2-9,11,14-15,18-20H2,1H3. The molecule has 1 heterocycles. The smallest absolute Gasteiger partial charge is 0.0663 e. The van der Waals surface area contributed by atoms with Gasteiger partial charge in [-0.25, -0.2) is 4.68 Å². The number of aryl methyl sites for hydroxylation is 1. The van der Waals surface area contributed by atoms with Gasteiger partial charge in [-0.1, -0.05) is 76.5 Å². The molecule has 142 valence electrons. The lowest BCUT2D eigenvalue weighted by atomic mass is 9.96. The summed E-state index contributed by atoms with van der Waals surface area (Å²) in [4.78, 5) is 0. The number of fused-ring (bicyclic) bond motifs is 1. The van der Waals surface area contributed by atoms with E-state index in [1.165, 1.54) is 101 Å². The summed E-state index contributed by atoms with van der Waals surface area (Å²) >= 11 is 0. The SMILES string of the molecule is CCCCCc1nn(-c2ccccc2)c2c1CCCCCCCCCC2. The Hall–Kier alpha value is -1.57. The van der Waals surface area contributed by atoms with Crippen molar-refractivity contribution in [3.05, 3.63) is 47.3 Å². The minimum absolute atomic E-state index is 1.15. The van der Waals surface area contributed by atoms with Gasteiger partial charge in [0.15, 0.2) is 0 Å². The lowest BCUT2D eigenvalue weighted by Gasteiger charge is -2.12. The molecule has 0 amide bonds. The van der Waals surface area contributed by atoms with Gasteiger partial charge >= 0.3 is 0 Å². The fourth-order valence-electron chi connectivity index (χ4n) is 4.26. The first-order chi connectivity index (χ1) is 12.9. The summed E-state index contributed by atoms with van der Waals surface area (Å²) in [6.45, 7) is 2.29. The van der Waals surface area contributed by atoms with Crippen molar-refractivity contribution in [1.82, 2.24) is 9.78 Å². The number of unbranched alkanes of at least 4 members (excludes halogenated alkanes) is 2. The van der Waals surface area contributed by atoms with E-state index in [-0.39, 0.29) is 0 Å². The van der Waals surface area contributed by atoms with Crippen LogP contribution in [0.15, 0.2) is 30.3 Å². The van der Waals surface area contributed by atoms with Gasteiger partial charge in [0.05, 0.1) is 11.4 Å². The van der Waals surface area contributed by atoms with Crippen LogP contribution in [-0.4, -0.2) is 9.78 Å². The van der Waals surface area contributed by atoms with Gasteiger partial charge in [0, 0.05) is 5.69 Å². The quantitative estimate of drug-likeness (QED) is 0.540. The van der Waals surface area contributed by atoms with Gasteiger partial charge in [0.25, 0.3) is 0 Å². The Kier molecular flexibility index (Phi) is 7.79. The summed E-state index contributed by atoms with van der Waals surface area (Å²) in [6, 6.07) is 10.8. The van der Waals surface area contributed by atoms with Crippen molar-refractivity contribution in [3.63, 3.8) is 0 Å². The average Bonchev–Trinajstić information content (AvgIpc) is 3.00. The molecule has 1 aromatic carbocycles. The topological polar surface area (TPSA) is 17.8 Å². The second-order valence-corrected chi connectivity index (χ2v) is 7.90. The van der Waals surface area contributed by atoms with Gasteiger partial charge in [0.1, 0.15) is 0 Å². The van der Waals surface area contributed by atoms with Crippen LogP contribution in [0.5, 0.6) is 0 Å². The molecule has 0 fully saturated rings. The van der Waals surface area contributed by atoms with Crippen molar-refractivity contribution < 1.29 is 0 Å². The Balaban J connectivity index is 1.91. The third-order valence-corrected chi connectivity index (χ3v) is 5.78. The number of hydrogen-bond donors (Lipinski definition) is 0. The molecular weight excluding hydrogens is 316 g/mol. The number of para-hydroxylation sites is 1. The van der Waals surface area contributed by atoms with Crippen LogP contribution in [0.2, 0.25) is 0 Å². The second-order valence-electron chi connectivity index (χ2n) is 7.90. The molecule has 2 heteroatoms. The van der Waals surface area contributed by atoms with Crippen LogP contribution < -0.4 is 0 Å². The van der Waals surface area contributed by atoms with E-state index in [2.05, 4.69) is 41.9 Å². The highest BCUT2D eigenvalue weighted by atomic mass is 15.3. The molecule has 0 atom stereocenters.